The Kier molecular flexibility index (Phi) is 5.41. The smallest absolute Gasteiger partial charge is 0.224 e. The number of carbonyl (C=O) groups excluding carboxylic acids is 1. The third kappa shape index (κ3) is 4.53. The van der Waals surface area contributed by atoms with Crippen molar-refractivity contribution < 1.29 is 9.53 Å². The molecule has 0 aromatic heterocycles. The highest BCUT2D eigenvalue weighted by molar-refractivity contribution is 5.79. The largest absolute Gasteiger partial charge is 0.494 e. The summed E-state index contributed by atoms with van der Waals surface area (Å²) in [5.74, 6) is 0.821. The maximum atomic E-state index is 12.0. The minimum atomic E-state index is -0.141. The molecular formula is C16H24N2O2. The monoisotopic (exact) mass is 276 g/mol. The van der Waals surface area contributed by atoms with Gasteiger partial charge in [-0.1, -0.05) is 19.1 Å². The van der Waals surface area contributed by atoms with E-state index in [2.05, 4.69) is 12.2 Å². The van der Waals surface area contributed by atoms with Gasteiger partial charge in [0, 0.05) is 12.6 Å². The van der Waals surface area contributed by atoms with Crippen LogP contribution in [-0.4, -0.2) is 25.1 Å². The number of benzene rings is 1. The van der Waals surface area contributed by atoms with Crippen LogP contribution in [0.15, 0.2) is 24.3 Å². The first-order valence-corrected chi connectivity index (χ1v) is 7.45. The van der Waals surface area contributed by atoms with E-state index in [-0.39, 0.29) is 11.8 Å². The lowest BCUT2D eigenvalue weighted by molar-refractivity contribution is -0.124. The zero-order chi connectivity index (χ0) is 14.4. The molecule has 1 saturated carbocycles. The van der Waals surface area contributed by atoms with Crippen LogP contribution in [0, 0.1) is 5.92 Å². The van der Waals surface area contributed by atoms with E-state index in [1.807, 2.05) is 24.3 Å². The summed E-state index contributed by atoms with van der Waals surface area (Å²) in [5.41, 5.74) is 6.85. The highest BCUT2D eigenvalue weighted by Crippen LogP contribution is 2.20. The predicted molar refractivity (Wildman–Crippen MR) is 79.6 cm³/mol. The Morgan fingerprint density at radius 2 is 2.10 bits per heavy atom. The van der Waals surface area contributed by atoms with Gasteiger partial charge in [0.2, 0.25) is 5.91 Å². The fourth-order valence-corrected chi connectivity index (χ4v) is 2.06. The summed E-state index contributed by atoms with van der Waals surface area (Å²) in [4.78, 5) is 12.0. The number of amides is 1. The number of carbonyl (C=O) groups is 1. The van der Waals surface area contributed by atoms with Crippen molar-refractivity contribution in [2.45, 2.75) is 38.6 Å². The van der Waals surface area contributed by atoms with E-state index >= 15 is 0 Å². The van der Waals surface area contributed by atoms with Gasteiger partial charge in [-0.25, -0.2) is 0 Å². The van der Waals surface area contributed by atoms with Gasteiger partial charge in [-0.05, 0) is 43.4 Å². The van der Waals surface area contributed by atoms with Crippen LogP contribution >= 0.6 is 0 Å². The highest BCUT2D eigenvalue weighted by atomic mass is 16.5. The van der Waals surface area contributed by atoms with Crippen LogP contribution in [0.3, 0.4) is 0 Å². The van der Waals surface area contributed by atoms with Crippen molar-refractivity contribution in [2.24, 2.45) is 11.7 Å². The molecule has 1 amide bonds. The molecular weight excluding hydrogens is 252 g/mol. The van der Waals surface area contributed by atoms with Gasteiger partial charge in [-0.15, -0.1) is 0 Å². The first kappa shape index (κ1) is 14.9. The van der Waals surface area contributed by atoms with Gasteiger partial charge in [0.25, 0.3) is 0 Å². The number of rotatable bonds is 8. The second-order valence-corrected chi connectivity index (χ2v) is 5.41. The van der Waals surface area contributed by atoms with Crippen LogP contribution in [0.2, 0.25) is 0 Å². The molecule has 0 saturated heterocycles. The van der Waals surface area contributed by atoms with E-state index in [9.17, 15) is 4.79 Å². The third-order valence-corrected chi connectivity index (χ3v) is 3.46. The zero-order valence-electron chi connectivity index (χ0n) is 12.1. The molecule has 1 fully saturated rings. The Labute approximate surface area is 120 Å². The third-order valence-electron chi connectivity index (χ3n) is 3.46. The standard InChI is InChI=1S/C16H24N2O2/c1-2-9-20-15-7-3-12(4-8-15)10-13(11-17)16(19)18-14-5-6-14/h3-4,7-8,13-14H,2,5-6,9-11,17H2,1H3,(H,18,19). The first-order chi connectivity index (χ1) is 9.72. The van der Waals surface area contributed by atoms with Crippen LogP contribution in [-0.2, 0) is 11.2 Å². The number of nitrogens with one attached hydrogen (secondary N) is 1. The van der Waals surface area contributed by atoms with Crippen molar-refractivity contribution in [3.05, 3.63) is 29.8 Å². The lowest BCUT2D eigenvalue weighted by Crippen LogP contribution is -2.37. The fourth-order valence-electron chi connectivity index (χ4n) is 2.06. The summed E-state index contributed by atoms with van der Waals surface area (Å²) >= 11 is 0. The number of ether oxygens (including phenoxy) is 1. The summed E-state index contributed by atoms with van der Waals surface area (Å²) in [6.07, 6.45) is 3.89. The quantitative estimate of drug-likeness (QED) is 0.762. The Morgan fingerprint density at radius 1 is 1.40 bits per heavy atom. The molecule has 3 N–H and O–H groups in total. The van der Waals surface area contributed by atoms with Crippen LogP contribution in [0.1, 0.15) is 31.7 Å². The van der Waals surface area contributed by atoms with E-state index < -0.39 is 0 Å². The van der Waals surface area contributed by atoms with Crippen molar-refractivity contribution in [1.29, 1.82) is 0 Å². The highest BCUT2D eigenvalue weighted by Gasteiger charge is 2.26. The van der Waals surface area contributed by atoms with Crippen LogP contribution in [0.25, 0.3) is 0 Å². The molecule has 4 nitrogen and oxygen atoms in total. The number of nitrogens with two attached hydrogens (primary N) is 1. The molecule has 1 aliphatic carbocycles. The van der Waals surface area contributed by atoms with Gasteiger partial charge in [-0.3, -0.25) is 4.79 Å². The van der Waals surface area contributed by atoms with E-state index in [1.54, 1.807) is 0 Å². The molecule has 1 aromatic carbocycles. The van der Waals surface area contributed by atoms with Gasteiger partial charge in [0.05, 0.1) is 12.5 Å². The average molecular weight is 276 g/mol. The van der Waals surface area contributed by atoms with Gasteiger partial charge < -0.3 is 15.8 Å². The molecule has 1 aromatic rings. The number of hydrogen-bond donors (Lipinski definition) is 2. The van der Waals surface area contributed by atoms with E-state index in [0.717, 1.165) is 37.2 Å². The molecule has 1 aliphatic rings. The second kappa shape index (κ2) is 7.29. The molecule has 20 heavy (non-hydrogen) atoms. The van der Waals surface area contributed by atoms with Crippen LogP contribution in [0.5, 0.6) is 5.75 Å². The van der Waals surface area contributed by atoms with Crippen molar-refractivity contribution in [3.8, 4) is 5.75 Å². The molecule has 0 bridgehead atoms. The molecule has 110 valence electrons. The molecule has 0 spiro atoms. The maximum absolute atomic E-state index is 12.0. The van der Waals surface area contributed by atoms with Crippen molar-refractivity contribution in [1.82, 2.24) is 5.32 Å². The molecule has 1 atom stereocenters. The fraction of sp³-hybridized carbons (Fsp3) is 0.562. The van der Waals surface area contributed by atoms with Crippen molar-refractivity contribution in [3.63, 3.8) is 0 Å². The maximum Gasteiger partial charge on any atom is 0.224 e. The summed E-state index contributed by atoms with van der Waals surface area (Å²) in [6.45, 7) is 3.19. The SMILES string of the molecule is CCCOc1ccc(CC(CN)C(=O)NC2CC2)cc1. The molecule has 0 aliphatic heterocycles. The molecule has 4 heteroatoms. The molecule has 0 heterocycles. The van der Waals surface area contributed by atoms with E-state index in [0.29, 0.717) is 19.0 Å². The lowest BCUT2D eigenvalue weighted by Gasteiger charge is -2.15. The minimum absolute atomic E-state index is 0.0845. The van der Waals surface area contributed by atoms with Crippen LogP contribution in [0.4, 0.5) is 0 Å². The van der Waals surface area contributed by atoms with Gasteiger partial charge >= 0.3 is 0 Å². The second-order valence-electron chi connectivity index (χ2n) is 5.41. The summed E-state index contributed by atoms with van der Waals surface area (Å²) in [7, 11) is 0. The van der Waals surface area contributed by atoms with Gasteiger partial charge in [0.1, 0.15) is 5.75 Å². The lowest BCUT2D eigenvalue weighted by atomic mass is 9.98. The minimum Gasteiger partial charge on any atom is -0.494 e. The van der Waals surface area contributed by atoms with Crippen LogP contribution < -0.4 is 15.8 Å². The van der Waals surface area contributed by atoms with E-state index in [4.69, 9.17) is 10.5 Å². The molecule has 2 rings (SSSR count). The predicted octanol–water partition coefficient (Wildman–Crippen LogP) is 1.87. The molecule has 0 radical (unpaired) electrons. The Bertz CT molecular complexity index is 427. The zero-order valence-corrected chi connectivity index (χ0v) is 12.1. The Morgan fingerprint density at radius 3 is 2.65 bits per heavy atom. The molecule has 1 unspecified atom stereocenters. The van der Waals surface area contributed by atoms with E-state index in [1.165, 1.54) is 0 Å². The number of hydrogen-bond acceptors (Lipinski definition) is 3. The topological polar surface area (TPSA) is 64.3 Å². The first-order valence-electron chi connectivity index (χ1n) is 7.45. The van der Waals surface area contributed by atoms with Crippen molar-refractivity contribution in [2.75, 3.05) is 13.2 Å². The van der Waals surface area contributed by atoms with Gasteiger partial charge in [-0.2, -0.15) is 0 Å². The summed E-state index contributed by atoms with van der Waals surface area (Å²) in [6, 6.07) is 8.33. The van der Waals surface area contributed by atoms with Gasteiger partial charge in [0.15, 0.2) is 0 Å². The Hall–Kier alpha value is -1.55. The normalized spacial score (nSPS) is 15.7. The summed E-state index contributed by atoms with van der Waals surface area (Å²) < 4.78 is 5.55. The Balaban J connectivity index is 1.87. The average Bonchev–Trinajstić information content (AvgIpc) is 3.27. The van der Waals surface area contributed by atoms with Crippen molar-refractivity contribution >= 4 is 5.91 Å². The summed E-state index contributed by atoms with van der Waals surface area (Å²) in [5, 5.41) is 3.02.